The molecule has 0 aliphatic heterocycles. The lowest BCUT2D eigenvalue weighted by Gasteiger charge is -2.14. The number of rotatable bonds is 3. The third kappa shape index (κ3) is 2.63. The molecule has 5 rings (SSSR count). The zero-order chi connectivity index (χ0) is 20.1. The van der Waals surface area contributed by atoms with E-state index in [0.29, 0.717) is 11.5 Å². The average Bonchev–Trinajstić information content (AvgIpc) is 3.37. The van der Waals surface area contributed by atoms with Crippen molar-refractivity contribution in [2.24, 2.45) is 5.73 Å². The number of hydrogen-bond donors (Lipinski definition) is 3. The van der Waals surface area contributed by atoms with Gasteiger partial charge in [0.1, 0.15) is 0 Å². The molecule has 0 saturated heterocycles. The number of nitrogens with one attached hydrogen (secondary N) is 1. The van der Waals surface area contributed by atoms with E-state index in [1.807, 2.05) is 37.3 Å². The maximum Gasteiger partial charge on any atom is 0.269 e. The number of H-pyrrole nitrogens is 1. The minimum atomic E-state index is -0.707. The fourth-order valence-corrected chi connectivity index (χ4v) is 4.23. The molecule has 1 amide bonds. The number of primary amides is 1. The van der Waals surface area contributed by atoms with Crippen molar-refractivity contribution in [3.8, 4) is 22.6 Å². The van der Waals surface area contributed by atoms with Crippen LogP contribution in [0.2, 0.25) is 0 Å². The lowest BCUT2D eigenvalue weighted by atomic mass is 9.99. The molecule has 3 heterocycles. The van der Waals surface area contributed by atoms with Crippen LogP contribution in [0.3, 0.4) is 0 Å². The molecule has 8 nitrogen and oxygen atoms in total. The van der Waals surface area contributed by atoms with E-state index in [1.54, 1.807) is 12.4 Å². The van der Waals surface area contributed by atoms with Crippen LogP contribution < -0.4 is 11.5 Å². The predicted molar refractivity (Wildman–Crippen MR) is 113 cm³/mol. The van der Waals surface area contributed by atoms with Crippen LogP contribution in [-0.4, -0.2) is 30.4 Å². The summed E-state index contributed by atoms with van der Waals surface area (Å²) in [4.78, 5) is 21.3. The van der Waals surface area contributed by atoms with Gasteiger partial charge in [-0.05, 0) is 36.2 Å². The van der Waals surface area contributed by atoms with Crippen LogP contribution >= 0.6 is 11.5 Å². The zero-order valence-corrected chi connectivity index (χ0v) is 16.1. The standard InChI is InChI=1S/C20H15N7OS/c1-9-5-6-13-12(8-23-27-13)14(9)16-15(21)17(19(22)28)26-20(25-16)11-4-2-3-10-7-24-29-18(10)11/h2-8H,21H2,1H3,(H2,22,28)(H,23,27). The van der Waals surface area contributed by atoms with E-state index < -0.39 is 5.91 Å². The van der Waals surface area contributed by atoms with Gasteiger partial charge in [-0.1, -0.05) is 18.2 Å². The lowest BCUT2D eigenvalue weighted by Crippen LogP contribution is -2.18. The van der Waals surface area contributed by atoms with Crippen LogP contribution in [0, 0.1) is 6.92 Å². The van der Waals surface area contributed by atoms with Crippen molar-refractivity contribution in [2.45, 2.75) is 6.92 Å². The number of nitrogen functional groups attached to an aromatic ring is 1. The second-order valence-corrected chi connectivity index (χ2v) is 7.46. The molecule has 0 atom stereocenters. The monoisotopic (exact) mass is 401 g/mol. The van der Waals surface area contributed by atoms with E-state index in [2.05, 4.69) is 19.6 Å². The van der Waals surface area contributed by atoms with Gasteiger partial charge in [-0.2, -0.15) is 9.47 Å². The van der Waals surface area contributed by atoms with Crippen molar-refractivity contribution < 1.29 is 4.79 Å². The van der Waals surface area contributed by atoms with Crippen LogP contribution in [0.5, 0.6) is 0 Å². The molecule has 5 aromatic rings. The smallest absolute Gasteiger partial charge is 0.269 e. The number of aromatic nitrogens is 5. The number of amides is 1. The van der Waals surface area contributed by atoms with Crippen LogP contribution in [0.25, 0.3) is 43.6 Å². The highest BCUT2D eigenvalue weighted by Gasteiger charge is 2.22. The number of nitrogens with two attached hydrogens (primary N) is 2. The third-order valence-electron chi connectivity index (χ3n) is 4.87. The highest BCUT2D eigenvalue weighted by atomic mass is 32.1. The summed E-state index contributed by atoms with van der Waals surface area (Å²) in [5, 5.41) is 8.90. The Balaban J connectivity index is 1.87. The van der Waals surface area contributed by atoms with Gasteiger partial charge in [0.2, 0.25) is 0 Å². The van der Waals surface area contributed by atoms with E-state index in [0.717, 1.165) is 37.7 Å². The summed E-state index contributed by atoms with van der Waals surface area (Å²) < 4.78 is 5.18. The third-order valence-corrected chi connectivity index (χ3v) is 5.72. The van der Waals surface area contributed by atoms with Gasteiger partial charge in [-0.3, -0.25) is 9.89 Å². The summed E-state index contributed by atoms with van der Waals surface area (Å²) in [6.07, 6.45) is 3.50. The first kappa shape index (κ1) is 17.3. The number of hydrogen-bond acceptors (Lipinski definition) is 7. The Labute approximate surface area is 168 Å². The fraction of sp³-hybridized carbons (Fsp3) is 0.0500. The number of nitrogens with zero attached hydrogens (tertiary/aromatic N) is 4. The molecule has 0 radical (unpaired) electrons. The molecule has 0 unspecified atom stereocenters. The van der Waals surface area contributed by atoms with Crippen LogP contribution in [0.4, 0.5) is 5.69 Å². The number of anilines is 1. The number of aryl methyl sites for hydroxylation is 1. The summed E-state index contributed by atoms with van der Waals surface area (Å²) in [5.74, 6) is -0.335. The van der Waals surface area contributed by atoms with E-state index in [1.165, 1.54) is 11.5 Å². The van der Waals surface area contributed by atoms with Gasteiger partial charge in [0.25, 0.3) is 5.91 Å². The van der Waals surface area contributed by atoms with Gasteiger partial charge < -0.3 is 11.5 Å². The van der Waals surface area contributed by atoms with E-state index in [9.17, 15) is 4.79 Å². The molecular weight excluding hydrogens is 386 g/mol. The molecule has 0 bridgehead atoms. The normalized spacial score (nSPS) is 11.3. The maximum atomic E-state index is 12.1. The minimum absolute atomic E-state index is 0.00795. The summed E-state index contributed by atoms with van der Waals surface area (Å²) in [6, 6.07) is 9.65. The number of carbonyl (C=O) groups excluding carboxylic acids is 1. The molecule has 9 heteroatoms. The van der Waals surface area contributed by atoms with Gasteiger partial charge in [-0.25, -0.2) is 9.97 Å². The molecular formula is C20H15N7OS. The number of aromatic amines is 1. The van der Waals surface area contributed by atoms with Crippen molar-refractivity contribution in [2.75, 3.05) is 5.73 Å². The molecule has 3 aromatic heterocycles. The van der Waals surface area contributed by atoms with Crippen LogP contribution in [-0.2, 0) is 0 Å². The predicted octanol–water partition coefficient (Wildman–Crippen LogP) is 3.29. The molecule has 0 aliphatic rings. The molecule has 5 N–H and O–H groups in total. The Morgan fingerprint density at radius 2 is 2.00 bits per heavy atom. The quantitative estimate of drug-likeness (QED) is 0.424. The van der Waals surface area contributed by atoms with Crippen molar-refractivity contribution >= 4 is 44.1 Å². The molecule has 0 fully saturated rings. The molecule has 0 aliphatic carbocycles. The first-order chi connectivity index (χ1) is 14.0. The Morgan fingerprint density at radius 1 is 1.14 bits per heavy atom. The Morgan fingerprint density at radius 3 is 2.83 bits per heavy atom. The Hall–Kier alpha value is -3.85. The Bertz CT molecular complexity index is 1420. The van der Waals surface area contributed by atoms with Gasteiger partial charge in [0, 0.05) is 28.1 Å². The molecule has 0 saturated carbocycles. The largest absolute Gasteiger partial charge is 0.395 e. The van der Waals surface area contributed by atoms with E-state index >= 15 is 0 Å². The van der Waals surface area contributed by atoms with Gasteiger partial charge in [-0.15, -0.1) is 0 Å². The second-order valence-electron chi connectivity index (χ2n) is 6.66. The van der Waals surface area contributed by atoms with Gasteiger partial charge >= 0.3 is 0 Å². The van der Waals surface area contributed by atoms with E-state index in [-0.39, 0.29) is 11.4 Å². The SMILES string of the molecule is Cc1ccc2[nH]ncc2c1-c1nc(-c2cccc3cnsc23)nc(C(N)=O)c1N. The average molecular weight is 401 g/mol. The zero-order valence-electron chi connectivity index (χ0n) is 15.3. The minimum Gasteiger partial charge on any atom is -0.395 e. The highest BCUT2D eigenvalue weighted by Crippen LogP contribution is 2.37. The first-order valence-electron chi connectivity index (χ1n) is 8.78. The summed E-state index contributed by atoms with van der Waals surface area (Å²) in [7, 11) is 0. The fourth-order valence-electron chi connectivity index (χ4n) is 3.48. The van der Waals surface area contributed by atoms with Crippen molar-refractivity contribution in [3.63, 3.8) is 0 Å². The van der Waals surface area contributed by atoms with Crippen molar-refractivity contribution in [1.29, 1.82) is 0 Å². The van der Waals surface area contributed by atoms with Crippen molar-refractivity contribution in [1.82, 2.24) is 24.5 Å². The molecule has 2 aromatic carbocycles. The topological polar surface area (TPSA) is 136 Å². The number of fused-ring (bicyclic) bond motifs is 2. The number of benzene rings is 2. The van der Waals surface area contributed by atoms with Crippen LogP contribution in [0.1, 0.15) is 16.1 Å². The van der Waals surface area contributed by atoms with Crippen molar-refractivity contribution in [3.05, 3.63) is 54.0 Å². The highest BCUT2D eigenvalue weighted by molar-refractivity contribution is 7.13. The first-order valence-corrected chi connectivity index (χ1v) is 9.56. The molecule has 29 heavy (non-hydrogen) atoms. The van der Waals surface area contributed by atoms with E-state index in [4.69, 9.17) is 16.5 Å². The van der Waals surface area contributed by atoms with Gasteiger partial charge in [0.15, 0.2) is 11.5 Å². The summed E-state index contributed by atoms with van der Waals surface area (Å²) in [5.41, 5.74) is 15.9. The Kier molecular flexibility index (Phi) is 3.78. The van der Waals surface area contributed by atoms with Crippen LogP contribution in [0.15, 0.2) is 42.7 Å². The summed E-state index contributed by atoms with van der Waals surface area (Å²) >= 11 is 1.34. The second kappa shape index (κ2) is 6.35. The van der Waals surface area contributed by atoms with Gasteiger partial charge in [0.05, 0.1) is 27.8 Å². The molecule has 142 valence electrons. The summed E-state index contributed by atoms with van der Waals surface area (Å²) in [6.45, 7) is 1.96. The maximum absolute atomic E-state index is 12.1. The lowest BCUT2D eigenvalue weighted by molar-refractivity contribution is 0.0996. The number of carbonyl (C=O) groups is 1. The molecule has 0 spiro atoms.